The number of H-pyrrole nitrogens is 1. The van der Waals surface area contributed by atoms with Crippen LogP contribution in [0.2, 0.25) is 0 Å². The van der Waals surface area contributed by atoms with Gasteiger partial charge in [0.1, 0.15) is 5.75 Å². The van der Waals surface area contributed by atoms with Crippen molar-refractivity contribution in [2.24, 2.45) is 5.92 Å². The van der Waals surface area contributed by atoms with Gasteiger partial charge in [-0.1, -0.05) is 36.4 Å². The summed E-state index contributed by atoms with van der Waals surface area (Å²) < 4.78 is 5.38. The maximum Gasteiger partial charge on any atom is 0.190 e. The second-order valence-corrected chi connectivity index (χ2v) is 6.33. The van der Waals surface area contributed by atoms with Crippen LogP contribution in [0.1, 0.15) is 28.5 Å². The number of carbonyl (C=O) groups excluding carboxylic acids is 2. The Kier molecular flexibility index (Phi) is 5.71. The molecule has 3 aromatic rings. The lowest BCUT2D eigenvalue weighted by atomic mass is 9.92. The molecule has 0 amide bonds. The Morgan fingerprint density at radius 1 is 1.18 bits per heavy atom. The zero-order valence-corrected chi connectivity index (χ0v) is 15.7. The fourth-order valence-electron chi connectivity index (χ4n) is 3.11. The van der Waals surface area contributed by atoms with Crippen molar-refractivity contribution < 1.29 is 14.3 Å². The van der Waals surface area contributed by atoms with Gasteiger partial charge in [-0.3, -0.25) is 9.59 Å². The van der Waals surface area contributed by atoms with Gasteiger partial charge in [0, 0.05) is 22.2 Å². The number of rotatable bonds is 7. The van der Waals surface area contributed by atoms with Crippen LogP contribution in [0.5, 0.6) is 5.75 Å². The number of ketones is 2. The number of aromatic nitrogens is 1. The van der Waals surface area contributed by atoms with Crippen molar-refractivity contribution in [3.05, 3.63) is 71.4 Å². The molecule has 140 valence electrons. The molecule has 0 saturated carbocycles. The predicted molar refractivity (Wildman–Crippen MR) is 108 cm³/mol. The van der Waals surface area contributed by atoms with E-state index in [-0.39, 0.29) is 0 Å². The molecule has 5 nitrogen and oxygen atoms in total. The molecular weight excluding hydrogens is 352 g/mol. The highest BCUT2D eigenvalue weighted by Crippen LogP contribution is 2.25. The van der Waals surface area contributed by atoms with E-state index < -0.39 is 17.5 Å². The number of aryl methyl sites for hydroxylation is 1. The minimum absolute atomic E-state index is 0.393. The Morgan fingerprint density at radius 3 is 2.57 bits per heavy atom. The van der Waals surface area contributed by atoms with Crippen LogP contribution in [0.3, 0.4) is 0 Å². The monoisotopic (exact) mass is 372 g/mol. The topological polar surface area (TPSA) is 82.9 Å². The number of benzene rings is 2. The molecule has 0 radical (unpaired) electrons. The Balaban J connectivity index is 1.82. The van der Waals surface area contributed by atoms with E-state index >= 15 is 0 Å². The standard InChI is InChI=1S/C23H20N2O3/c1-3-28-17-11-8-16(9-12-17)10-13-21(26)19(14-24)23(27)22-15(2)25-20-7-5-4-6-18(20)22/h4-13,19,25H,3H2,1-2H3/b13-10+. The van der Waals surface area contributed by atoms with Gasteiger partial charge in [0.15, 0.2) is 17.5 Å². The average Bonchev–Trinajstić information content (AvgIpc) is 3.03. The van der Waals surface area contributed by atoms with Crippen molar-refractivity contribution >= 4 is 28.5 Å². The van der Waals surface area contributed by atoms with E-state index in [1.807, 2.05) is 43.3 Å². The molecule has 1 atom stereocenters. The molecule has 0 spiro atoms. The van der Waals surface area contributed by atoms with E-state index in [1.165, 1.54) is 6.08 Å². The molecule has 3 rings (SSSR count). The molecule has 0 aliphatic heterocycles. The number of carbonyl (C=O) groups is 2. The number of para-hydroxylation sites is 1. The maximum absolute atomic E-state index is 12.9. The van der Waals surface area contributed by atoms with Crippen molar-refractivity contribution in [2.75, 3.05) is 6.61 Å². The summed E-state index contributed by atoms with van der Waals surface area (Å²) in [6.45, 7) is 4.25. The number of ether oxygens (including phenoxy) is 1. The maximum atomic E-state index is 12.9. The molecular formula is C23H20N2O3. The Hall–Kier alpha value is -3.65. The van der Waals surface area contributed by atoms with Gasteiger partial charge in [-0.15, -0.1) is 0 Å². The van der Waals surface area contributed by atoms with Crippen molar-refractivity contribution in [3.8, 4) is 11.8 Å². The third-order valence-corrected chi connectivity index (χ3v) is 4.45. The Morgan fingerprint density at radius 2 is 1.89 bits per heavy atom. The van der Waals surface area contributed by atoms with Crippen LogP contribution in [0.4, 0.5) is 0 Å². The van der Waals surface area contributed by atoms with E-state index in [2.05, 4.69) is 4.98 Å². The number of Topliss-reactive ketones (excluding diaryl/α,β-unsaturated/α-hetero) is 1. The van der Waals surface area contributed by atoms with Gasteiger partial charge in [0.25, 0.3) is 0 Å². The fraction of sp³-hybridized carbons (Fsp3) is 0.174. The van der Waals surface area contributed by atoms with Crippen LogP contribution in [-0.4, -0.2) is 23.2 Å². The fourth-order valence-corrected chi connectivity index (χ4v) is 3.11. The molecule has 2 aromatic carbocycles. The van der Waals surface area contributed by atoms with Crippen molar-refractivity contribution in [3.63, 3.8) is 0 Å². The zero-order valence-electron chi connectivity index (χ0n) is 15.7. The van der Waals surface area contributed by atoms with Gasteiger partial charge in [-0.05, 0) is 43.7 Å². The van der Waals surface area contributed by atoms with Crippen LogP contribution >= 0.6 is 0 Å². The number of nitriles is 1. The molecule has 1 N–H and O–H groups in total. The van der Waals surface area contributed by atoms with Gasteiger partial charge in [0.2, 0.25) is 0 Å². The number of hydrogen-bond acceptors (Lipinski definition) is 4. The zero-order chi connectivity index (χ0) is 20.1. The molecule has 1 aromatic heterocycles. The molecule has 5 heteroatoms. The first-order chi connectivity index (χ1) is 13.5. The predicted octanol–water partition coefficient (Wildman–Crippen LogP) is 4.48. The van der Waals surface area contributed by atoms with Crippen LogP contribution in [0.15, 0.2) is 54.6 Å². The largest absolute Gasteiger partial charge is 0.494 e. The van der Waals surface area contributed by atoms with Crippen LogP contribution in [0.25, 0.3) is 17.0 Å². The minimum atomic E-state index is -1.38. The van der Waals surface area contributed by atoms with E-state index in [0.717, 1.165) is 16.8 Å². The SMILES string of the molecule is CCOc1ccc(/C=C/C(=O)C(C#N)C(=O)c2c(C)[nH]c3ccccc23)cc1. The number of fused-ring (bicyclic) bond motifs is 1. The Labute approximate surface area is 163 Å². The van der Waals surface area contributed by atoms with E-state index in [0.29, 0.717) is 23.3 Å². The lowest BCUT2D eigenvalue weighted by Gasteiger charge is -2.06. The first-order valence-electron chi connectivity index (χ1n) is 9.01. The summed E-state index contributed by atoms with van der Waals surface area (Å²) in [5, 5.41) is 10.2. The molecule has 0 bridgehead atoms. The van der Waals surface area contributed by atoms with Gasteiger partial charge >= 0.3 is 0 Å². The molecule has 1 heterocycles. The summed E-state index contributed by atoms with van der Waals surface area (Å²) in [7, 11) is 0. The average molecular weight is 372 g/mol. The first kappa shape index (κ1) is 19.1. The van der Waals surface area contributed by atoms with Gasteiger partial charge < -0.3 is 9.72 Å². The highest BCUT2D eigenvalue weighted by molar-refractivity contribution is 6.21. The summed E-state index contributed by atoms with van der Waals surface area (Å²) in [4.78, 5) is 28.6. The van der Waals surface area contributed by atoms with Gasteiger partial charge in [-0.25, -0.2) is 0 Å². The number of allylic oxidation sites excluding steroid dienone is 1. The van der Waals surface area contributed by atoms with Gasteiger partial charge in [-0.2, -0.15) is 5.26 Å². The second kappa shape index (κ2) is 8.36. The second-order valence-electron chi connectivity index (χ2n) is 6.33. The van der Waals surface area contributed by atoms with E-state index in [9.17, 15) is 14.9 Å². The quantitative estimate of drug-likeness (QED) is 0.376. The van der Waals surface area contributed by atoms with Crippen LogP contribution < -0.4 is 4.74 Å². The van der Waals surface area contributed by atoms with Crippen LogP contribution in [-0.2, 0) is 4.79 Å². The summed E-state index contributed by atoms with van der Waals surface area (Å²) in [5.74, 6) is -1.66. The highest BCUT2D eigenvalue weighted by Gasteiger charge is 2.29. The molecule has 28 heavy (non-hydrogen) atoms. The summed E-state index contributed by atoms with van der Waals surface area (Å²) >= 11 is 0. The third kappa shape index (κ3) is 3.86. The van der Waals surface area contributed by atoms with Crippen LogP contribution in [0, 0.1) is 24.2 Å². The van der Waals surface area contributed by atoms with E-state index in [4.69, 9.17) is 4.74 Å². The molecule has 1 unspecified atom stereocenters. The van der Waals surface area contributed by atoms with Crippen molar-refractivity contribution in [1.82, 2.24) is 4.98 Å². The van der Waals surface area contributed by atoms with Crippen molar-refractivity contribution in [2.45, 2.75) is 13.8 Å². The number of nitrogens with zero attached hydrogens (tertiary/aromatic N) is 1. The molecule has 0 saturated heterocycles. The number of aromatic amines is 1. The number of hydrogen-bond donors (Lipinski definition) is 1. The Bertz CT molecular complexity index is 1090. The highest BCUT2D eigenvalue weighted by atomic mass is 16.5. The van der Waals surface area contributed by atoms with E-state index in [1.54, 1.807) is 31.2 Å². The van der Waals surface area contributed by atoms with Gasteiger partial charge in [0.05, 0.1) is 12.7 Å². The summed E-state index contributed by atoms with van der Waals surface area (Å²) in [6, 6.07) is 16.4. The lowest BCUT2D eigenvalue weighted by Crippen LogP contribution is -2.21. The third-order valence-electron chi connectivity index (χ3n) is 4.45. The first-order valence-corrected chi connectivity index (χ1v) is 9.01. The lowest BCUT2D eigenvalue weighted by molar-refractivity contribution is -0.115. The molecule has 0 aliphatic carbocycles. The minimum Gasteiger partial charge on any atom is -0.494 e. The summed E-state index contributed by atoms with van der Waals surface area (Å²) in [6.07, 6.45) is 2.88. The molecule has 0 aliphatic rings. The number of nitrogens with one attached hydrogen (secondary N) is 1. The smallest absolute Gasteiger partial charge is 0.190 e. The normalized spacial score (nSPS) is 12.0. The van der Waals surface area contributed by atoms with Crippen molar-refractivity contribution in [1.29, 1.82) is 5.26 Å². The molecule has 0 fully saturated rings. The summed E-state index contributed by atoms with van der Waals surface area (Å²) in [5.41, 5.74) is 2.63.